The summed E-state index contributed by atoms with van der Waals surface area (Å²) in [6, 6.07) is 14.4. The molecule has 0 aliphatic rings. The molecule has 0 aromatic heterocycles. The highest BCUT2D eigenvalue weighted by molar-refractivity contribution is 5.99. The summed E-state index contributed by atoms with van der Waals surface area (Å²) in [4.78, 5) is 36.0. The molecule has 7 heteroatoms. The minimum atomic E-state index is -0.962. The van der Waals surface area contributed by atoms with Crippen LogP contribution in [0.5, 0.6) is 5.75 Å². The standard InChI is InChI=1S/C19H21N3O4/c1-2-26-15-11-7-6-10-14(15)19(25)21-12-16(23)22-17(18(20)24)13-8-4-3-5-9-13/h3-11,17H,2,12H2,1H3,(H2,20,24)(H,21,25)(H,22,23). The Balaban J connectivity index is 1.97. The minimum Gasteiger partial charge on any atom is -0.493 e. The molecule has 0 fully saturated rings. The molecule has 1 atom stereocenters. The Kier molecular flexibility index (Phi) is 6.73. The summed E-state index contributed by atoms with van der Waals surface area (Å²) in [5.74, 6) is -1.22. The molecule has 0 radical (unpaired) electrons. The highest BCUT2D eigenvalue weighted by atomic mass is 16.5. The lowest BCUT2D eigenvalue weighted by Gasteiger charge is -2.16. The zero-order valence-corrected chi connectivity index (χ0v) is 14.4. The Morgan fingerprint density at radius 2 is 1.69 bits per heavy atom. The van der Waals surface area contributed by atoms with Crippen LogP contribution >= 0.6 is 0 Å². The van der Waals surface area contributed by atoms with Gasteiger partial charge in [-0.2, -0.15) is 0 Å². The number of benzene rings is 2. The molecule has 0 bridgehead atoms. The minimum absolute atomic E-state index is 0.296. The van der Waals surface area contributed by atoms with Crippen LogP contribution in [0.3, 0.4) is 0 Å². The summed E-state index contributed by atoms with van der Waals surface area (Å²) < 4.78 is 5.40. The molecular weight excluding hydrogens is 334 g/mol. The number of hydrogen-bond donors (Lipinski definition) is 3. The van der Waals surface area contributed by atoms with Crippen molar-refractivity contribution in [1.82, 2.24) is 10.6 Å². The van der Waals surface area contributed by atoms with Gasteiger partial charge in [-0.1, -0.05) is 42.5 Å². The van der Waals surface area contributed by atoms with Crippen LogP contribution in [0.25, 0.3) is 0 Å². The maximum absolute atomic E-state index is 12.3. The third-order valence-corrected chi connectivity index (χ3v) is 3.56. The fourth-order valence-electron chi connectivity index (χ4n) is 2.37. The maximum Gasteiger partial charge on any atom is 0.255 e. The van der Waals surface area contributed by atoms with E-state index in [-0.39, 0.29) is 6.54 Å². The van der Waals surface area contributed by atoms with Crippen molar-refractivity contribution >= 4 is 17.7 Å². The Morgan fingerprint density at radius 1 is 1.04 bits per heavy atom. The second-order valence-corrected chi connectivity index (χ2v) is 5.43. The number of nitrogens with two attached hydrogens (primary N) is 1. The van der Waals surface area contributed by atoms with Gasteiger partial charge >= 0.3 is 0 Å². The van der Waals surface area contributed by atoms with E-state index < -0.39 is 23.8 Å². The van der Waals surface area contributed by atoms with Crippen molar-refractivity contribution in [2.24, 2.45) is 5.73 Å². The second-order valence-electron chi connectivity index (χ2n) is 5.43. The second kappa shape index (κ2) is 9.22. The van der Waals surface area contributed by atoms with Crippen molar-refractivity contribution < 1.29 is 19.1 Å². The highest BCUT2D eigenvalue weighted by Gasteiger charge is 2.20. The van der Waals surface area contributed by atoms with E-state index in [4.69, 9.17) is 10.5 Å². The van der Waals surface area contributed by atoms with Crippen LogP contribution in [-0.2, 0) is 9.59 Å². The van der Waals surface area contributed by atoms with Crippen LogP contribution in [0.15, 0.2) is 54.6 Å². The molecular formula is C19H21N3O4. The van der Waals surface area contributed by atoms with E-state index in [9.17, 15) is 14.4 Å². The first-order valence-corrected chi connectivity index (χ1v) is 8.16. The number of nitrogens with one attached hydrogen (secondary N) is 2. The van der Waals surface area contributed by atoms with E-state index >= 15 is 0 Å². The summed E-state index contributed by atoms with van der Waals surface area (Å²) in [5, 5.41) is 5.03. The predicted octanol–water partition coefficient (Wildman–Crippen LogP) is 1.16. The Hall–Kier alpha value is -3.35. The number of carbonyl (C=O) groups is 3. The van der Waals surface area contributed by atoms with Gasteiger partial charge < -0.3 is 21.1 Å². The van der Waals surface area contributed by atoms with Crippen molar-refractivity contribution in [3.8, 4) is 5.75 Å². The molecule has 0 aliphatic carbocycles. The monoisotopic (exact) mass is 355 g/mol. The van der Waals surface area contributed by atoms with Gasteiger partial charge in [0.1, 0.15) is 11.8 Å². The zero-order chi connectivity index (χ0) is 18.9. The SMILES string of the molecule is CCOc1ccccc1C(=O)NCC(=O)NC(C(N)=O)c1ccccc1. The largest absolute Gasteiger partial charge is 0.493 e. The molecule has 7 nitrogen and oxygen atoms in total. The highest BCUT2D eigenvalue weighted by Crippen LogP contribution is 2.17. The number of hydrogen-bond acceptors (Lipinski definition) is 4. The lowest BCUT2D eigenvalue weighted by atomic mass is 10.1. The molecule has 26 heavy (non-hydrogen) atoms. The zero-order valence-electron chi connectivity index (χ0n) is 14.4. The predicted molar refractivity (Wildman–Crippen MR) is 96.5 cm³/mol. The summed E-state index contributed by atoms with van der Waals surface area (Å²) in [7, 11) is 0. The Labute approximate surface area is 151 Å². The lowest BCUT2D eigenvalue weighted by molar-refractivity contribution is -0.126. The molecule has 4 N–H and O–H groups in total. The molecule has 2 rings (SSSR count). The van der Waals surface area contributed by atoms with Gasteiger partial charge in [-0.05, 0) is 24.6 Å². The number of primary amides is 1. The van der Waals surface area contributed by atoms with Crippen molar-refractivity contribution in [3.05, 3.63) is 65.7 Å². The van der Waals surface area contributed by atoms with Gasteiger partial charge in [0, 0.05) is 0 Å². The third kappa shape index (κ3) is 5.07. The number of carbonyl (C=O) groups excluding carboxylic acids is 3. The lowest BCUT2D eigenvalue weighted by Crippen LogP contribution is -2.42. The summed E-state index contributed by atoms with van der Waals surface area (Å²) in [6.45, 7) is 1.94. The smallest absolute Gasteiger partial charge is 0.255 e. The first-order valence-electron chi connectivity index (χ1n) is 8.16. The summed E-state index contributed by atoms with van der Waals surface area (Å²) in [5.41, 5.74) is 6.26. The molecule has 0 saturated carbocycles. The average molecular weight is 355 g/mol. The molecule has 1 unspecified atom stereocenters. The number of rotatable bonds is 8. The van der Waals surface area contributed by atoms with Crippen molar-refractivity contribution in [2.75, 3.05) is 13.2 Å². The molecule has 3 amide bonds. The van der Waals surface area contributed by atoms with Gasteiger partial charge in [-0.25, -0.2) is 0 Å². The number of ether oxygens (including phenoxy) is 1. The first kappa shape index (κ1) is 19.0. The van der Waals surface area contributed by atoms with E-state index in [1.807, 2.05) is 6.92 Å². The van der Waals surface area contributed by atoms with Gasteiger partial charge in [-0.15, -0.1) is 0 Å². The molecule has 136 valence electrons. The van der Waals surface area contributed by atoms with E-state index in [0.29, 0.717) is 23.5 Å². The van der Waals surface area contributed by atoms with E-state index in [1.165, 1.54) is 0 Å². The van der Waals surface area contributed by atoms with Crippen LogP contribution < -0.4 is 21.1 Å². The van der Waals surface area contributed by atoms with Crippen LogP contribution in [0.1, 0.15) is 28.9 Å². The topological polar surface area (TPSA) is 111 Å². The Morgan fingerprint density at radius 3 is 2.35 bits per heavy atom. The van der Waals surface area contributed by atoms with Crippen molar-refractivity contribution in [2.45, 2.75) is 13.0 Å². The van der Waals surface area contributed by atoms with Gasteiger partial charge in [-0.3, -0.25) is 14.4 Å². The molecule has 0 saturated heterocycles. The van der Waals surface area contributed by atoms with Crippen molar-refractivity contribution in [3.63, 3.8) is 0 Å². The molecule has 0 heterocycles. The first-order chi connectivity index (χ1) is 12.5. The summed E-state index contributed by atoms with van der Waals surface area (Å²) >= 11 is 0. The van der Waals surface area contributed by atoms with E-state index in [1.54, 1.807) is 54.6 Å². The molecule has 2 aromatic carbocycles. The quantitative estimate of drug-likeness (QED) is 0.660. The maximum atomic E-state index is 12.3. The molecule has 0 spiro atoms. The number of para-hydroxylation sites is 1. The van der Waals surface area contributed by atoms with Crippen LogP contribution in [0.2, 0.25) is 0 Å². The fraction of sp³-hybridized carbons (Fsp3) is 0.211. The normalized spacial score (nSPS) is 11.3. The van der Waals surface area contributed by atoms with Gasteiger partial charge in [0.2, 0.25) is 11.8 Å². The van der Waals surface area contributed by atoms with Crippen LogP contribution in [0, 0.1) is 0 Å². The average Bonchev–Trinajstić information content (AvgIpc) is 2.65. The van der Waals surface area contributed by atoms with Gasteiger partial charge in [0.15, 0.2) is 0 Å². The fourth-order valence-corrected chi connectivity index (χ4v) is 2.37. The van der Waals surface area contributed by atoms with Crippen molar-refractivity contribution in [1.29, 1.82) is 0 Å². The molecule has 2 aromatic rings. The van der Waals surface area contributed by atoms with Crippen LogP contribution in [0.4, 0.5) is 0 Å². The Bertz CT molecular complexity index is 777. The van der Waals surface area contributed by atoms with E-state index in [0.717, 1.165) is 0 Å². The van der Waals surface area contributed by atoms with Gasteiger partial charge in [0.05, 0.1) is 18.7 Å². The number of amides is 3. The molecule has 0 aliphatic heterocycles. The summed E-state index contributed by atoms with van der Waals surface area (Å²) in [6.07, 6.45) is 0. The van der Waals surface area contributed by atoms with E-state index in [2.05, 4.69) is 10.6 Å². The third-order valence-electron chi connectivity index (χ3n) is 3.56. The van der Waals surface area contributed by atoms with Gasteiger partial charge in [0.25, 0.3) is 5.91 Å². The van der Waals surface area contributed by atoms with Crippen LogP contribution in [-0.4, -0.2) is 30.9 Å².